The van der Waals surface area contributed by atoms with Crippen molar-refractivity contribution in [1.82, 2.24) is 10.6 Å². The lowest BCUT2D eigenvalue weighted by atomic mass is 9.98. The molecule has 0 radical (unpaired) electrons. The zero-order chi connectivity index (χ0) is 22.9. The van der Waals surface area contributed by atoms with Gasteiger partial charge in [0.15, 0.2) is 0 Å². The van der Waals surface area contributed by atoms with Crippen molar-refractivity contribution in [2.24, 2.45) is 17.8 Å². The van der Waals surface area contributed by atoms with Gasteiger partial charge in [-0.2, -0.15) is 0 Å². The summed E-state index contributed by atoms with van der Waals surface area (Å²) in [5, 5.41) is 14.6. The number of nitrogens with one attached hydrogen (secondary N) is 2. The molecule has 7 nitrogen and oxygen atoms in total. The number of alkyl carbamates (subject to hydrolysis) is 1. The Bertz CT molecular complexity index is 1030. The normalized spacial score (nSPS) is 21.5. The fourth-order valence-electron chi connectivity index (χ4n) is 4.83. The largest absolute Gasteiger partial charge is 0.481 e. The summed E-state index contributed by atoms with van der Waals surface area (Å²) in [6.45, 7) is 0.517. The summed E-state index contributed by atoms with van der Waals surface area (Å²) < 4.78 is 5.60. The number of carboxylic acids is 1. The predicted molar refractivity (Wildman–Crippen MR) is 122 cm³/mol. The Labute approximate surface area is 192 Å². The second kappa shape index (κ2) is 8.89. The second-order valence-electron chi connectivity index (χ2n) is 9.39. The van der Waals surface area contributed by atoms with Gasteiger partial charge in [0, 0.05) is 12.5 Å². The fraction of sp³-hybridized carbons (Fsp3) is 0.423. The maximum Gasteiger partial charge on any atom is 0.407 e. The number of hydrogen-bond acceptors (Lipinski definition) is 4. The molecule has 172 valence electrons. The average Bonchev–Trinajstić information content (AvgIpc) is 3.74. The van der Waals surface area contributed by atoms with Crippen LogP contribution >= 0.6 is 0 Å². The second-order valence-corrected chi connectivity index (χ2v) is 9.39. The molecule has 3 atom stereocenters. The lowest BCUT2D eigenvalue weighted by Gasteiger charge is -2.20. The lowest BCUT2D eigenvalue weighted by molar-refractivity contribution is -0.139. The first-order chi connectivity index (χ1) is 16.0. The summed E-state index contributed by atoms with van der Waals surface area (Å²) in [5.41, 5.74) is 4.59. The molecule has 0 saturated heterocycles. The molecule has 2 saturated carbocycles. The molecule has 0 spiro atoms. The van der Waals surface area contributed by atoms with Crippen LogP contribution in [0.5, 0.6) is 0 Å². The first-order valence-electron chi connectivity index (χ1n) is 11.6. The molecule has 2 aromatic carbocycles. The van der Waals surface area contributed by atoms with Gasteiger partial charge in [-0.15, -0.1) is 0 Å². The molecule has 3 aliphatic rings. The molecule has 0 unspecified atom stereocenters. The van der Waals surface area contributed by atoms with Gasteiger partial charge in [0.05, 0.1) is 5.92 Å². The number of carbonyl (C=O) groups is 3. The molecular formula is C26H28N2O5. The summed E-state index contributed by atoms with van der Waals surface area (Å²) >= 11 is 0. The van der Waals surface area contributed by atoms with Gasteiger partial charge in [-0.3, -0.25) is 9.59 Å². The van der Waals surface area contributed by atoms with Gasteiger partial charge in [0.25, 0.3) is 0 Å². The first kappa shape index (κ1) is 21.5. The number of amides is 2. The predicted octanol–water partition coefficient (Wildman–Crippen LogP) is 3.53. The maximum absolute atomic E-state index is 12.7. The minimum atomic E-state index is -0.819. The van der Waals surface area contributed by atoms with Crippen LogP contribution in [0.4, 0.5) is 4.79 Å². The third-order valence-corrected chi connectivity index (χ3v) is 7.00. The van der Waals surface area contributed by atoms with Crippen molar-refractivity contribution >= 4 is 18.0 Å². The lowest BCUT2D eigenvalue weighted by Crippen LogP contribution is -2.48. The Kier molecular flexibility index (Phi) is 5.79. The molecule has 3 aliphatic carbocycles. The first-order valence-corrected chi connectivity index (χ1v) is 11.6. The molecule has 7 heteroatoms. The van der Waals surface area contributed by atoms with Crippen molar-refractivity contribution in [2.75, 3.05) is 13.2 Å². The van der Waals surface area contributed by atoms with Gasteiger partial charge in [-0.05, 0) is 46.9 Å². The van der Waals surface area contributed by atoms with Gasteiger partial charge >= 0.3 is 12.1 Å². The zero-order valence-corrected chi connectivity index (χ0v) is 18.3. The average molecular weight is 449 g/mol. The van der Waals surface area contributed by atoms with Gasteiger partial charge in [-0.1, -0.05) is 61.4 Å². The number of aliphatic carboxylic acids is 1. The fourth-order valence-corrected chi connectivity index (χ4v) is 4.83. The van der Waals surface area contributed by atoms with Gasteiger partial charge in [0.1, 0.15) is 12.6 Å². The SMILES string of the molecule is O=C(N[C@@H](CC1CC1)C(=O)NC[C@@H]1C[C@@H]1C(=O)O)OCC1c2ccccc2-c2ccccc21. The highest BCUT2D eigenvalue weighted by molar-refractivity contribution is 5.86. The van der Waals surface area contributed by atoms with E-state index in [1.807, 2.05) is 24.3 Å². The van der Waals surface area contributed by atoms with E-state index in [0.29, 0.717) is 25.3 Å². The van der Waals surface area contributed by atoms with E-state index in [2.05, 4.69) is 34.9 Å². The van der Waals surface area contributed by atoms with Crippen molar-refractivity contribution in [3.8, 4) is 11.1 Å². The molecule has 0 heterocycles. The molecule has 33 heavy (non-hydrogen) atoms. The molecule has 0 bridgehead atoms. The van der Waals surface area contributed by atoms with Crippen LogP contribution in [0.15, 0.2) is 48.5 Å². The van der Waals surface area contributed by atoms with Gasteiger partial charge < -0.3 is 20.5 Å². The number of carboxylic acid groups (broad SMARTS) is 1. The van der Waals surface area contributed by atoms with Gasteiger partial charge in [0.2, 0.25) is 5.91 Å². The highest BCUT2D eigenvalue weighted by Gasteiger charge is 2.43. The maximum atomic E-state index is 12.7. The van der Waals surface area contributed by atoms with Crippen molar-refractivity contribution in [3.05, 3.63) is 59.7 Å². The zero-order valence-electron chi connectivity index (χ0n) is 18.3. The van der Waals surface area contributed by atoms with Crippen LogP contribution in [0.3, 0.4) is 0 Å². The summed E-state index contributed by atoms with van der Waals surface area (Å²) in [7, 11) is 0. The molecule has 2 fully saturated rings. The van der Waals surface area contributed by atoms with E-state index in [-0.39, 0.29) is 30.3 Å². The Morgan fingerprint density at radius 3 is 2.21 bits per heavy atom. The molecule has 3 N–H and O–H groups in total. The highest BCUT2D eigenvalue weighted by Crippen LogP contribution is 2.44. The Morgan fingerprint density at radius 1 is 1.00 bits per heavy atom. The Hall–Kier alpha value is -3.35. The number of ether oxygens (including phenoxy) is 1. The third-order valence-electron chi connectivity index (χ3n) is 7.00. The van der Waals surface area contributed by atoms with Crippen molar-refractivity contribution in [3.63, 3.8) is 0 Å². The van der Waals surface area contributed by atoms with Crippen LogP contribution in [-0.4, -0.2) is 42.3 Å². The smallest absolute Gasteiger partial charge is 0.407 e. The molecular weight excluding hydrogens is 420 g/mol. The number of hydrogen-bond donors (Lipinski definition) is 3. The summed E-state index contributed by atoms with van der Waals surface area (Å²) in [6, 6.07) is 15.6. The number of carbonyl (C=O) groups excluding carboxylic acids is 2. The summed E-state index contributed by atoms with van der Waals surface area (Å²) in [6.07, 6.45) is 2.67. The van der Waals surface area contributed by atoms with Crippen LogP contribution in [-0.2, 0) is 14.3 Å². The molecule has 5 rings (SSSR count). The standard InChI is InChI=1S/C26H28N2O5/c29-24(27-13-16-12-21(16)25(30)31)23(11-15-9-10-15)28-26(32)33-14-22-19-7-3-1-5-17(19)18-6-2-4-8-20(18)22/h1-8,15-16,21-23H,9-14H2,(H,27,29)(H,28,32)(H,30,31)/t16-,21-,23-/m0/s1. The number of rotatable bonds is 9. The van der Waals surface area contributed by atoms with E-state index in [1.165, 1.54) is 0 Å². The van der Waals surface area contributed by atoms with Crippen LogP contribution in [0, 0.1) is 17.8 Å². The minimum Gasteiger partial charge on any atom is -0.481 e. The van der Waals surface area contributed by atoms with Crippen LogP contribution < -0.4 is 10.6 Å². The number of benzene rings is 2. The molecule has 0 aliphatic heterocycles. The van der Waals surface area contributed by atoms with Crippen LogP contribution in [0.25, 0.3) is 11.1 Å². The third kappa shape index (κ3) is 4.72. The summed E-state index contributed by atoms with van der Waals surface area (Å²) in [5.74, 6) is -1.10. The van der Waals surface area contributed by atoms with E-state index < -0.39 is 18.1 Å². The van der Waals surface area contributed by atoms with Crippen molar-refractivity contribution in [2.45, 2.75) is 37.6 Å². The van der Waals surface area contributed by atoms with Crippen LogP contribution in [0.1, 0.15) is 42.7 Å². The van der Waals surface area contributed by atoms with Crippen molar-refractivity contribution < 1.29 is 24.2 Å². The highest BCUT2D eigenvalue weighted by atomic mass is 16.5. The Morgan fingerprint density at radius 2 is 1.64 bits per heavy atom. The van der Waals surface area contributed by atoms with Crippen LogP contribution in [0.2, 0.25) is 0 Å². The van der Waals surface area contributed by atoms with E-state index in [1.54, 1.807) is 0 Å². The topological polar surface area (TPSA) is 105 Å². The minimum absolute atomic E-state index is 0.0255. The van der Waals surface area contributed by atoms with E-state index in [9.17, 15) is 14.4 Å². The summed E-state index contributed by atoms with van der Waals surface area (Å²) in [4.78, 5) is 36.3. The monoisotopic (exact) mass is 448 g/mol. The van der Waals surface area contributed by atoms with E-state index in [4.69, 9.17) is 9.84 Å². The van der Waals surface area contributed by atoms with E-state index >= 15 is 0 Å². The number of fused-ring (bicyclic) bond motifs is 3. The molecule has 0 aromatic heterocycles. The molecule has 2 amide bonds. The molecule has 2 aromatic rings. The van der Waals surface area contributed by atoms with Gasteiger partial charge in [-0.25, -0.2) is 4.79 Å². The Balaban J connectivity index is 1.18. The van der Waals surface area contributed by atoms with E-state index in [0.717, 1.165) is 35.1 Å². The quantitative estimate of drug-likeness (QED) is 0.544. The van der Waals surface area contributed by atoms with Crippen molar-refractivity contribution in [1.29, 1.82) is 0 Å².